The van der Waals surface area contributed by atoms with Crippen LogP contribution in [0, 0.1) is 0 Å². The number of hydrogen-bond acceptors (Lipinski definition) is 1. The Morgan fingerprint density at radius 2 is 1.04 bits per heavy atom. The number of aromatic nitrogens is 2. The highest BCUT2D eigenvalue weighted by atomic mass is 15.1. The van der Waals surface area contributed by atoms with Crippen molar-refractivity contribution in [2.24, 2.45) is 7.05 Å². The molecule has 0 fully saturated rings. The molecule has 0 spiro atoms. The molecule has 2 nitrogen and oxygen atoms in total. The number of rotatable bonds is 6. The van der Waals surface area contributed by atoms with Gasteiger partial charge in [0, 0.05) is 23.6 Å². The van der Waals surface area contributed by atoms with Gasteiger partial charge in [-0.15, -0.1) is 0 Å². The molecule has 0 saturated heterocycles. The Morgan fingerprint density at radius 1 is 0.522 bits per heavy atom. The highest BCUT2D eigenvalue weighted by Crippen LogP contribution is 2.46. The Kier molecular flexibility index (Phi) is 6.89. The Hall–Kier alpha value is -5.99. The maximum Gasteiger partial charge on any atom is 0.141 e. The second-order valence-corrected chi connectivity index (χ2v) is 11.6. The maximum atomic E-state index is 5.54. The van der Waals surface area contributed by atoms with Gasteiger partial charge in [-0.1, -0.05) is 158 Å². The number of fused-ring (bicyclic) bond motifs is 2. The standard InChI is InChI=1S/C44H32N2/c1-3-30-25-16-26-36-35(31-17-8-4-9-18-31)27-28-37(40(30)36)44-45-43-39(46(44)2)29-38(32-19-10-5-11-20-32)41(33-21-12-6-13-22-33)42(43)34-23-14-7-15-24-34/h3-29H,1H2,2H3. The van der Waals surface area contributed by atoms with E-state index in [1.165, 1.54) is 38.8 Å². The molecule has 0 aliphatic heterocycles. The first-order chi connectivity index (χ1) is 22.7. The van der Waals surface area contributed by atoms with Gasteiger partial charge in [-0.3, -0.25) is 0 Å². The van der Waals surface area contributed by atoms with E-state index in [2.05, 4.69) is 176 Å². The average Bonchev–Trinajstić information content (AvgIpc) is 3.46. The molecule has 0 aliphatic rings. The summed E-state index contributed by atoms with van der Waals surface area (Å²) in [4.78, 5) is 5.54. The van der Waals surface area contributed by atoms with E-state index in [4.69, 9.17) is 4.98 Å². The van der Waals surface area contributed by atoms with Gasteiger partial charge in [0.15, 0.2) is 0 Å². The van der Waals surface area contributed by atoms with Gasteiger partial charge in [0.25, 0.3) is 0 Å². The molecule has 0 atom stereocenters. The lowest BCUT2D eigenvalue weighted by atomic mass is 9.86. The zero-order chi connectivity index (χ0) is 31.0. The minimum Gasteiger partial charge on any atom is -0.327 e. The maximum absolute atomic E-state index is 5.54. The Bertz CT molecular complexity index is 2350. The molecule has 46 heavy (non-hydrogen) atoms. The largest absolute Gasteiger partial charge is 0.327 e. The molecule has 7 aromatic carbocycles. The number of imidazole rings is 1. The van der Waals surface area contributed by atoms with Crippen LogP contribution in [0.15, 0.2) is 164 Å². The lowest BCUT2D eigenvalue weighted by Gasteiger charge is -2.18. The fourth-order valence-corrected chi connectivity index (χ4v) is 6.86. The second kappa shape index (κ2) is 11.5. The first kappa shape index (κ1) is 27.6. The van der Waals surface area contributed by atoms with E-state index >= 15 is 0 Å². The fourth-order valence-electron chi connectivity index (χ4n) is 6.86. The quantitative estimate of drug-likeness (QED) is 0.189. The van der Waals surface area contributed by atoms with Gasteiger partial charge in [0.05, 0.1) is 11.0 Å². The summed E-state index contributed by atoms with van der Waals surface area (Å²) < 4.78 is 2.26. The molecule has 0 unspecified atom stereocenters. The van der Waals surface area contributed by atoms with Gasteiger partial charge < -0.3 is 4.57 Å². The topological polar surface area (TPSA) is 17.8 Å². The number of benzene rings is 7. The predicted molar refractivity (Wildman–Crippen MR) is 195 cm³/mol. The van der Waals surface area contributed by atoms with Crippen LogP contribution in [0.25, 0.3) is 83.8 Å². The van der Waals surface area contributed by atoms with E-state index in [9.17, 15) is 0 Å². The third-order valence-corrected chi connectivity index (χ3v) is 9.00. The third kappa shape index (κ3) is 4.55. The van der Waals surface area contributed by atoms with Gasteiger partial charge in [0.2, 0.25) is 0 Å². The molecule has 8 aromatic rings. The van der Waals surface area contributed by atoms with Gasteiger partial charge in [-0.25, -0.2) is 4.98 Å². The van der Waals surface area contributed by atoms with E-state index in [-0.39, 0.29) is 0 Å². The second-order valence-electron chi connectivity index (χ2n) is 11.6. The summed E-state index contributed by atoms with van der Waals surface area (Å²) in [6.45, 7) is 4.20. The van der Waals surface area contributed by atoms with E-state index in [1.54, 1.807) is 0 Å². The van der Waals surface area contributed by atoms with Crippen molar-refractivity contribution >= 4 is 27.9 Å². The molecule has 0 amide bonds. The highest BCUT2D eigenvalue weighted by Gasteiger charge is 2.24. The Morgan fingerprint density at radius 3 is 1.63 bits per heavy atom. The van der Waals surface area contributed by atoms with Crippen LogP contribution in [0.2, 0.25) is 0 Å². The summed E-state index contributed by atoms with van der Waals surface area (Å²) >= 11 is 0. The van der Waals surface area contributed by atoms with Crippen LogP contribution in [0.5, 0.6) is 0 Å². The van der Waals surface area contributed by atoms with Crippen molar-refractivity contribution in [1.82, 2.24) is 9.55 Å². The molecule has 2 heteroatoms. The van der Waals surface area contributed by atoms with Crippen molar-refractivity contribution in [1.29, 1.82) is 0 Å². The van der Waals surface area contributed by atoms with Crippen molar-refractivity contribution in [3.8, 4) is 55.9 Å². The van der Waals surface area contributed by atoms with Crippen LogP contribution in [0.3, 0.4) is 0 Å². The van der Waals surface area contributed by atoms with Crippen molar-refractivity contribution in [3.63, 3.8) is 0 Å². The zero-order valence-corrected chi connectivity index (χ0v) is 25.7. The van der Waals surface area contributed by atoms with Crippen LogP contribution in [0.1, 0.15) is 5.56 Å². The van der Waals surface area contributed by atoms with E-state index in [0.717, 1.165) is 44.5 Å². The first-order valence-electron chi connectivity index (χ1n) is 15.7. The lowest BCUT2D eigenvalue weighted by molar-refractivity contribution is 0.961. The number of hydrogen-bond donors (Lipinski definition) is 0. The predicted octanol–water partition coefficient (Wildman–Crippen LogP) is 11.7. The van der Waals surface area contributed by atoms with E-state index in [0.29, 0.717) is 0 Å². The van der Waals surface area contributed by atoms with Crippen LogP contribution in [-0.4, -0.2) is 9.55 Å². The van der Waals surface area contributed by atoms with Crippen molar-refractivity contribution < 1.29 is 0 Å². The summed E-state index contributed by atoms with van der Waals surface area (Å²) in [6, 6.07) is 56.0. The molecule has 1 heterocycles. The molecular weight excluding hydrogens is 556 g/mol. The van der Waals surface area contributed by atoms with Gasteiger partial charge in [-0.05, 0) is 62.0 Å². The highest BCUT2D eigenvalue weighted by molar-refractivity contribution is 6.11. The minimum atomic E-state index is 0.926. The first-order valence-corrected chi connectivity index (χ1v) is 15.7. The van der Waals surface area contributed by atoms with Crippen molar-refractivity contribution in [2.45, 2.75) is 0 Å². The fraction of sp³-hybridized carbons (Fsp3) is 0.0227. The molecule has 0 bridgehead atoms. The smallest absolute Gasteiger partial charge is 0.141 e. The summed E-state index contributed by atoms with van der Waals surface area (Å²) in [5, 5.41) is 2.34. The summed E-state index contributed by atoms with van der Waals surface area (Å²) in [5.41, 5.74) is 13.6. The molecule has 0 radical (unpaired) electrons. The lowest BCUT2D eigenvalue weighted by Crippen LogP contribution is -1.96. The third-order valence-electron chi connectivity index (χ3n) is 9.00. The van der Waals surface area contributed by atoms with E-state index in [1.807, 2.05) is 6.08 Å². The molecule has 0 aliphatic carbocycles. The number of nitrogens with zero attached hydrogens (tertiary/aromatic N) is 2. The normalized spacial score (nSPS) is 11.2. The minimum absolute atomic E-state index is 0.926. The van der Waals surface area contributed by atoms with Gasteiger partial charge >= 0.3 is 0 Å². The molecule has 0 saturated carbocycles. The van der Waals surface area contributed by atoms with Crippen molar-refractivity contribution in [2.75, 3.05) is 0 Å². The van der Waals surface area contributed by atoms with Crippen LogP contribution in [-0.2, 0) is 7.05 Å². The van der Waals surface area contributed by atoms with Crippen LogP contribution < -0.4 is 0 Å². The summed E-state index contributed by atoms with van der Waals surface area (Å²) in [7, 11) is 2.14. The Labute approximate surface area is 269 Å². The monoisotopic (exact) mass is 588 g/mol. The van der Waals surface area contributed by atoms with Crippen LogP contribution >= 0.6 is 0 Å². The van der Waals surface area contributed by atoms with Gasteiger partial charge in [-0.2, -0.15) is 0 Å². The molecule has 8 rings (SSSR count). The molecule has 0 N–H and O–H groups in total. The van der Waals surface area contributed by atoms with E-state index < -0.39 is 0 Å². The Balaban J connectivity index is 1.50. The van der Waals surface area contributed by atoms with Gasteiger partial charge in [0.1, 0.15) is 5.82 Å². The van der Waals surface area contributed by atoms with Crippen molar-refractivity contribution in [3.05, 3.63) is 170 Å². The zero-order valence-electron chi connectivity index (χ0n) is 25.7. The summed E-state index contributed by atoms with van der Waals surface area (Å²) in [6.07, 6.45) is 1.96. The molecule has 218 valence electrons. The average molecular weight is 589 g/mol. The SMILES string of the molecule is C=Cc1cccc2c(-c3ccccc3)ccc(-c3nc4c(-c5ccccc5)c(-c5ccccc5)c(-c5ccccc5)cc4n3C)c12. The summed E-state index contributed by atoms with van der Waals surface area (Å²) in [5.74, 6) is 0.926. The van der Waals surface area contributed by atoms with Crippen LogP contribution in [0.4, 0.5) is 0 Å². The number of aryl methyl sites for hydroxylation is 1. The molecular formula is C44H32N2. The molecule has 1 aromatic heterocycles.